The highest BCUT2D eigenvalue weighted by molar-refractivity contribution is 5.66. The highest BCUT2D eigenvalue weighted by Crippen LogP contribution is 2.33. The Morgan fingerprint density at radius 3 is 3.00 bits per heavy atom. The maximum absolute atomic E-state index is 10.6. The Kier molecular flexibility index (Phi) is 1.31. The fourth-order valence-corrected chi connectivity index (χ4v) is 2.15. The highest BCUT2D eigenvalue weighted by Gasteiger charge is 2.41. The molecule has 2 rings (SSSR count). The van der Waals surface area contributed by atoms with Crippen LogP contribution in [0.15, 0.2) is 0 Å². The van der Waals surface area contributed by atoms with E-state index in [-0.39, 0.29) is 5.54 Å². The molecule has 0 aromatic rings. The molecule has 2 fully saturated rings. The van der Waals surface area contributed by atoms with Crippen molar-refractivity contribution in [3.8, 4) is 0 Å². The summed E-state index contributed by atoms with van der Waals surface area (Å²) in [5.74, 6) is 0. The molecule has 0 aliphatic carbocycles. The van der Waals surface area contributed by atoms with Crippen LogP contribution >= 0.6 is 0 Å². The second-order valence-corrected chi connectivity index (χ2v) is 3.46. The minimum Gasteiger partial charge on any atom is -0.302 e. The maximum atomic E-state index is 10.6. The van der Waals surface area contributed by atoms with Gasteiger partial charge in [-0.2, -0.15) is 0 Å². The molecule has 1 N–H and O–H groups in total. The highest BCUT2D eigenvalue weighted by atomic mass is 16.1. The molecule has 2 aliphatic heterocycles. The number of fused-ring (bicyclic) bond motifs is 2. The van der Waals surface area contributed by atoms with E-state index in [2.05, 4.69) is 11.6 Å². The van der Waals surface area contributed by atoms with E-state index < -0.39 is 0 Å². The van der Waals surface area contributed by atoms with Gasteiger partial charge in [-0.3, -0.25) is 4.79 Å². The van der Waals surface area contributed by atoms with Crippen LogP contribution in [0.5, 0.6) is 0 Å². The van der Waals surface area contributed by atoms with Crippen LogP contribution in [0, 0.1) is 0 Å². The first-order valence-electron chi connectivity index (χ1n) is 4.02. The van der Waals surface area contributed by atoms with E-state index in [1.54, 1.807) is 0 Å². The monoisotopic (exact) mass is 138 g/mol. The van der Waals surface area contributed by atoms with Gasteiger partial charge in [0, 0.05) is 6.04 Å². The van der Waals surface area contributed by atoms with Gasteiger partial charge in [0.15, 0.2) is 0 Å². The number of carbonyl (C=O) groups excluding carboxylic acids is 1. The average Bonchev–Trinajstić information content (AvgIpc) is 2.29. The molecule has 2 heterocycles. The van der Waals surface area contributed by atoms with E-state index in [0.29, 0.717) is 6.04 Å². The lowest BCUT2D eigenvalue weighted by Gasteiger charge is -2.28. The predicted molar refractivity (Wildman–Crippen MR) is 38.4 cm³/mol. The van der Waals surface area contributed by atoms with E-state index in [9.17, 15) is 4.79 Å². The Hall–Kier alpha value is -0.370. The Labute approximate surface area is 61.0 Å². The summed E-state index contributed by atoms with van der Waals surface area (Å²) in [4.78, 5) is 10.6. The molecule has 0 aromatic heterocycles. The summed E-state index contributed by atoms with van der Waals surface area (Å²) in [6.45, 7) is 0. The molecule has 2 nitrogen and oxygen atoms in total. The van der Waals surface area contributed by atoms with Gasteiger partial charge in [0.2, 0.25) is 6.29 Å². The second kappa shape index (κ2) is 2.06. The third-order valence-electron chi connectivity index (χ3n) is 2.75. The molecular weight excluding hydrogens is 126 g/mol. The van der Waals surface area contributed by atoms with Crippen molar-refractivity contribution in [2.75, 3.05) is 0 Å². The first-order valence-corrected chi connectivity index (χ1v) is 4.02. The molecule has 2 saturated heterocycles. The van der Waals surface area contributed by atoms with Crippen molar-refractivity contribution in [2.24, 2.45) is 0 Å². The predicted octanol–water partition coefficient (Wildman–Crippen LogP) is 0.771. The van der Waals surface area contributed by atoms with Gasteiger partial charge < -0.3 is 5.32 Å². The van der Waals surface area contributed by atoms with Gasteiger partial charge in [-0.15, -0.1) is 0 Å². The van der Waals surface area contributed by atoms with Crippen LogP contribution < -0.4 is 5.32 Å². The van der Waals surface area contributed by atoms with E-state index in [1.807, 2.05) is 0 Å². The van der Waals surface area contributed by atoms with E-state index in [4.69, 9.17) is 0 Å². The molecule has 2 unspecified atom stereocenters. The fraction of sp³-hybridized carbons (Fsp3) is 0.875. The molecule has 0 amide bonds. The lowest BCUT2D eigenvalue weighted by atomic mass is 9.92. The van der Waals surface area contributed by atoms with Gasteiger partial charge in [0.1, 0.15) is 0 Å². The molecule has 0 spiro atoms. The summed E-state index contributed by atoms with van der Waals surface area (Å²) >= 11 is 0. The van der Waals surface area contributed by atoms with Gasteiger partial charge in [0.25, 0.3) is 0 Å². The smallest absolute Gasteiger partial charge is 0.220 e. The molecule has 1 radical (unpaired) electrons. The molecule has 2 heteroatoms. The van der Waals surface area contributed by atoms with E-state index in [1.165, 1.54) is 19.3 Å². The van der Waals surface area contributed by atoms with E-state index >= 15 is 0 Å². The topological polar surface area (TPSA) is 29.1 Å². The first-order chi connectivity index (χ1) is 4.85. The normalized spacial score (nSPS) is 45.4. The van der Waals surface area contributed by atoms with Crippen molar-refractivity contribution in [3.63, 3.8) is 0 Å². The van der Waals surface area contributed by atoms with Crippen molar-refractivity contribution in [1.29, 1.82) is 0 Å². The summed E-state index contributed by atoms with van der Waals surface area (Å²) < 4.78 is 0. The van der Waals surface area contributed by atoms with Crippen LogP contribution in [0.3, 0.4) is 0 Å². The lowest BCUT2D eigenvalue weighted by molar-refractivity contribution is 0.339. The molecule has 10 heavy (non-hydrogen) atoms. The standard InChI is InChI=1S/C8H12NO/c10-6-8-4-1-2-7(9-8)3-5-8/h7,9H,1-5H2. The molecule has 2 atom stereocenters. The van der Waals surface area contributed by atoms with Crippen LogP contribution in [0.1, 0.15) is 32.1 Å². The molecule has 2 aliphatic rings. The first kappa shape index (κ1) is 6.35. The summed E-state index contributed by atoms with van der Waals surface area (Å²) in [5, 5.41) is 3.33. The number of hydrogen-bond acceptors (Lipinski definition) is 2. The molecule has 2 bridgehead atoms. The second-order valence-electron chi connectivity index (χ2n) is 3.46. The molecule has 0 aromatic carbocycles. The Balaban J connectivity index is 2.16. The van der Waals surface area contributed by atoms with Crippen molar-refractivity contribution < 1.29 is 4.79 Å². The van der Waals surface area contributed by atoms with Crippen LogP contribution in [0.2, 0.25) is 0 Å². The Bertz CT molecular complexity index is 153. The summed E-state index contributed by atoms with van der Waals surface area (Å²) in [6, 6.07) is 0.621. The van der Waals surface area contributed by atoms with Crippen LogP contribution in [0.25, 0.3) is 0 Å². The summed E-state index contributed by atoms with van der Waals surface area (Å²) in [6.07, 6.45) is 7.80. The average molecular weight is 138 g/mol. The van der Waals surface area contributed by atoms with Crippen LogP contribution in [-0.2, 0) is 4.79 Å². The minimum absolute atomic E-state index is 0.219. The number of rotatable bonds is 1. The van der Waals surface area contributed by atoms with Crippen LogP contribution in [-0.4, -0.2) is 17.9 Å². The van der Waals surface area contributed by atoms with Crippen molar-refractivity contribution >= 4 is 6.29 Å². The number of hydrogen-bond donors (Lipinski definition) is 1. The van der Waals surface area contributed by atoms with Crippen molar-refractivity contribution in [1.82, 2.24) is 5.32 Å². The zero-order valence-corrected chi connectivity index (χ0v) is 6.02. The number of piperidine rings is 1. The molecule has 55 valence electrons. The maximum Gasteiger partial charge on any atom is 0.220 e. The van der Waals surface area contributed by atoms with Gasteiger partial charge in [-0.25, -0.2) is 0 Å². The zero-order chi connectivity index (χ0) is 7.03. The Morgan fingerprint density at radius 1 is 1.40 bits per heavy atom. The van der Waals surface area contributed by atoms with Gasteiger partial charge in [-0.05, 0) is 32.1 Å². The van der Waals surface area contributed by atoms with Crippen LogP contribution in [0.4, 0.5) is 0 Å². The summed E-state index contributed by atoms with van der Waals surface area (Å²) in [7, 11) is 0. The SMILES string of the molecule is O=[C]C12CCCC(CC1)N2. The Morgan fingerprint density at radius 2 is 2.30 bits per heavy atom. The van der Waals surface area contributed by atoms with Gasteiger partial charge in [-0.1, -0.05) is 0 Å². The van der Waals surface area contributed by atoms with Crippen molar-refractivity contribution in [2.45, 2.75) is 43.7 Å². The minimum atomic E-state index is -0.219. The molecule has 0 saturated carbocycles. The third-order valence-corrected chi connectivity index (χ3v) is 2.75. The zero-order valence-electron chi connectivity index (χ0n) is 6.02. The summed E-state index contributed by atoms with van der Waals surface area (Å²) in [5.41, 5.74) is -0.219. The van der Waals surface area contributed by atoms with Gasteiger partial charge in [0.05, 0.1) is 5.54 Å². The third kappa shape index (κ3) is 0.788. The largest absolute Gasteiger partial charge is 0.302 e. The van der Waals surface area contributed by atoms with E-state index in [0.717, 1.165) is 12.8 Å². The van der Waals surface area contributed by atoms with Crippen molar-refractivity contribution in [3.05, 3.63) is 0 Å². The quantitative estimate of drug-likeness (QED) is 0.580. The lowest BCUT2D eigenvalue weighted by Crippen LogP contribution is -2.47. The van der Waals surface area contributed by atoms with Gasteiger partial charge >= 0.3 is 0 Å². The molecular formula is C8H12NO. The fourth-order valence-electron chi connectivity index (χ4n) is 2.15. The number of nitrogens with one attached hydrogen (secondary N) is 1.